The molecule has 0 aromatic heterocycles. The maximum Gasteiger partial charge on any atom is 0.404 e. The van der Waals surface area contributed by atoms with E-state index in [-0.39, 0.29) is 6.10 Å². The normalized spacial score (nSPS) is 31.4. The zero-order valence-corrected chi connectivity index (χ0v) is 6.25. The zero-order valence-electron chi connectivity index (χ0n) is 6.25. The van der Waals surface area contributed by atoms with E-state index in [2.05, 4.69) is 4.74 Å². The van der Waals surface area contributed by atoms with E-state index in [1.54, 1.807) is 0 Å². The van der Waals surface area contributed by atoms with Crippen LogP contribution in [-0.4, -0.2) is 18.4 Å². The lowest BCUT2D eigenvalue weighted by Crippen LogP contribution is -2.28. The Hall–Kier alpha value is -0.800. The maximum atomic E-state index is 12.7. The molecule has 1 amide bonds. The average molecular weight is 161 g/mol. The highest BCUT2D eigenvalue weighted by molar-refractivity contribution is 5.64. The quantitative estimate of drug-likeness (QED) is 0.631. The van der Waals surface area contributed by atoms with Gasteiger partial charge in [0.2, 0.25) is 0 Å². The summed E-state index contributed by atoms with van der Waals surface area (Å²) in [6.45, 7) is 0. The van der Waals surface area contributed by atoms with Gasteiger partial charge in [0.15, 0.2) is 0 Å². The summed E-state index contributed by atoms with van der Waals surface area (Å²) in [6.07, 6.45) is 0.484. The van der Waals surface area contributed by atoms with Crippen molar-refractivity contribution in [2.45, 2.75) is 38.0 Å². The van der Waals surface area contributed by atoms with Crippen molar-refractivity contribution in [3.8, 4) is 0 Å². The van der Waals surface area contributed by atoms with Crippen LogP contribution in [0.4, 0.5) is 9.18 Å². The molecule has 1 saturated carbocycles. The van der Waals surface area contributed by atoms with Crippen molar-refractivity contribution in [1.82, 2.24) is 0 Å². The number of carbonyl (C=O) groups is 1. The third-order valence-corrected chi connectivity index (χ3v) is 1.84. The number of amides is 1. The minimum Gasteiger partial charge on any atom is -0.446 e. The minimum atomic E-state index is -0.826. The van der Waals surface area contributed by atoms with Gasteiger partial charge in [-0.3, -0.25) is 0 Å². The van der Waals surface area contributed by atoms with E-state index in [0.717, 1.165) is 12.8 Å². The van der Waals surface area contributed by atoms with E-state index in [4.69, 9.17) is 5.73 Å². The van der Waals surface area contributed by atoms with Crippen molar-refractivity contribution in [2.75, 3.05) is 0 Å². The molecule has 0 bridgehead atoms. The van der Waals surface area contributed by atoms with E-state index in [9.17, 15) is 9.18 Å². The molecule has 4 heteroatoms. The Morgan fingerprint density at radius 3 is 2.82 bits per heavy atom. The SMILES string of the molecule is NC(=O)OC1CCCC(F)C1. The van der Waals surface area contributed by atoms with Gasteiger partial charge >= 0.3 is 6.09 Å². The smallest absolute Gasteiger partial charge is 0.404 e. The van der Waals surface area contributed by atoms with Crippen molar-refractivity contribution in [2.24, 2.45) is 5.73 Å². The Kier molecular flexibility index (Phi) is 2.68. The van der Waals surface area contributed by atoms with Crippen LogP contribution in [0.3, 0.4) is 0 Å². The first kappa shape index (κ1) is 8.30. The second-order valence-electron chi connectivity index (χ2n) is 2.82. The summed E-state index contributed by atoms with van der Waals surface area (Å²) in [4.78, 5) is 10.3. The molecule has 3 nitrogen and oxygen atoms in total. The molecular weight excluding hydrogens is 149 g/mol. The first-order chi connectivity index (χ1) is 5.18. The van der Waals surface area contributed by atoms with E-state index >= 15 is 0 Å². The Morgan fingerprint density at radius 1 is 1.55 bits per heavy atom. The van der Waals surface area contributed by atoms with Gasteiger partial charge in [-0.1, -0.05) is 0 Å². The molecule has 0 saturated heterocycles. The number of primary amides is 1. The Morgan fingerprint density at radius 2 is 2.27 bits per heavy atom. The number of hydrogen-bond donors (Lipinski definition) is 1. The van der Waals surface area contributed by atoms with Crippen LogP contribution in [0.5, 0.6) is 0 Å². The van der Waals surface area contributed by atoms with E-state index in [1.807, 2.05) is 0 Å². The standard InChI is InChI=1S/C7H12FNO2/c8-5-2-1-3-6(4-5)11-7(9)10/h5-6H,1-4H2,(H2,9,10). The van der Waals surface area contributed by atoms with Crippen LogP contribution in [0.25, 0.3) is 0 Å². The lowest BCUT2D eigenvalue weighted by molar-refractivity contribution is 0.0564. The number of halogens is 1. The second-order valence-corrected chi connectivity index (χ2v) is 2.82. The Balaban J connectivity index is 2.28. The molecule has 2 atom stereocenters. The van der Waals surface area contributed by atoms with Crippen molar-refractivity contribution < 1.29 is 13.9 Å². The highest BCUT2D eigenvalue weighted by Crippen LogP contribution is 2.23. The average Bonchev–Trinajstić information content (AvgIpc) is 1.85. The summed E-state index contributed by atoms with van der Waals surface area (Å²) in [6, 6.07) is 0. The van der Waals surface area contributed by atoms with Gasteiger partial charge < -0.3 is 10.5 Å². The molecule has 64 valence electrons. The summed E-state index contributed by atoms with van der Waals surface area (Å²) in [5, 5.41) is 0. The summed E-state index contributed by atoms with van der Waals surface area (Å²) < 4.78 is 17.3. The van der Waals surface area contributed by atoms with Gasteiger partial charge in [-0.15, -0.1) is 0 Å². The molecule has 0 spiro atoms. The van der Waals surface area contributed by atoms with Crippen LogP contribution in [0.1, 0.15) is 25.7 Å². The number of hydrogen-bond acceptors (Lipinski definition) is 2. The topological polar surface area (TPSA) is 52.3 Å². The summed E-state index contributed by atoms with van der Waals surface area (Å²) in [5.41, 5.74) is 4.79. The number of rotatable bonds is 1. The molecule has 0 aliphatic heterocycles. The summed E-state index contributed by atoms with van der Waals surface area (Å²) in [5.74, 6) is 0. The largest absolute Gasteiger partial charge is 0.446 e. The van der Waals surface area contributed by atoms with Gasteiger partial charge in [0.1, 0.15) is 12.3 Å². The van der Waals surface area contributed by atoms with Gasteiger partial charge in [0.25, 0.3) is 0 Å². The number of ether oxygens (including phenoxy) is 1. The molecule has 0 aromatic carbocycles. The third kappa shape index (κ3) is 2.74. The lowest BCUT2D eigenvalue weighted by atomic mass is 9.96. The molecule has 1 aliphatic rings. The van der Waals surface area contributed by atoms with Gasteiger partial charge in [-0.05, 0) is 19.3 Å². The van der Waals surface area contributed by atoms with Crippen LogP contribution in [0, 0.1) is 0 Å². The molecule has 1 fully saturated rings. The van der Waals surface area contributed by atoms with Crippen LogP contribution in [-0.2, 0) is 4.74 Å². The summed E-state index contributed by atoms with van der Waals surface area (Å²) >= 11 is 0. The van der Waals surface area contributed by atoms with Crippen molar-refractivity contribution in [1.29, 1.82) is 0 Å². The van der Waals surface area contributed by atoms with E-state index < -0.39 is 12.3 Å². The lowest BCUT2D eigenvalue weighted by Gasteiger charge is -2.23. The number of alkyl halides is 1. The van der Waals surface area contributed by atoms with Crippen LogP contribution in [0.15, 0.2) is 0 Å². The third-order valence-electron chi connectivity index (χ3n) is 1.84. The molecule has 0 radical (unpaired) electrons. The number of nitrogens with two attached hydrogens (primary N) is 1. The fraction of sp³-hybridized carbons (Fsp3) is 0.857. The first-order valence-electron chi connectivity index (χ1n) is 3.78. The molecule has 0 heterocycles. The molecule has 2 unspecified atom stereocenters. The predicted molar refractivity (Wildman–Crippen MR) is 37.8 cm³/mol. The summed E-state index contributed by atoms with van der Waals surface area (Å²) in [7, 11) is 0. The zero-order chi connectivity index (χ0) is 8.27. The van der Waals surface area contributed by atoms with Gasteiger partial charge in [-0.2, -0.15) is 0 Å². The fourth-order valence-corrected chi connectivity index (χ4v) is 1.36. The monoisotopic (exact) mass is 161 g/mol. The Labute approximate surface area is 64.7 Å². The Bertz CT molecular complexity index is 151. The molecule has 0 aromatic rings. The fourth-order valence-electron chi connectivity index (χ4n) is 1.36. The van der Waals surface area contributed by atoms with Gasteiger partial charge in [-0.25, -0.2) is 9.18 Å². The van der Waals surface area contributed by atoms with Gasteiger partial charge in [0.05, 0.1) is 0 Å². The maximum absolute atomic E-state index is 12.7. The van der Waals surface area contributed by atoms with E-state index in [1.165, 1.54) is 0 Å². The van der Waals surface area contributed by atoms with Crippen molar-refractivity contribution in [3.63, 3.8) is 0 Å². The number of carbonyl (C=O) groups excluding carboxylic acids is 1. The molecule has 1 rings (SSSR count). The predicted octanol–water partition coefficient (Wildman–Crippen LogP) is 1.36. The molecule has 11 heavy (non-hydrogen) atoms. The molecule has 1 aliphatic carbocycles. The van der Waals surface area contributed by atoms with Crippen LogP contribution >= 0.6 is 0 Å². The van der Waals surface area contributed by atoms with Crippen LogP contribution in [0.2, 0.25) is 0 Å². The van der Waals surface area contributed by atoms with E-state index in [0.29, 0.717) is 12.8 Å². The minimum absolute atomic E-state index is 0.295. The highest BCUT2D eigenvalue weighted by Gasteiger charge is 2.23. The highest BCUT2D eigenvalue weighted by atomic mass is 19.1. The van der Waals surface area contributed by atoms with Crippen molar-refractivity contribution >= 4 is 6.09 Å². The molecule has 2 N–H and O–H groups in total. The second kappa shape index (κ2) is 3.55. The van der Waals surface area contributed by atoms with Crippen LogP contribution < -0.4 is 5.73 Å². The van der Waals surface area contributed by atoms with Gasteiger partial charge in [0, 0.05) is 6.42 Å². The van der Waals surface area contributed by atoms with Crippen molar-refractivity contribution in [3.05, 3.63) is 0 Å². The molecular formula is C7H12FNO2. The first-order valence-corrected chi connectivity index (χ1v) is 3.78.